The van der Waals surface area contributed by atoms with Gasteiger partial charge in [0.15, 0.2) is 0 Å². The molecule has 4 nitrogen and oxygen atoms in total. The molecule has 0 heterocycles. The molecule has 0 fully saturated rings. The first kappa shape index (κ1) is 35.5. The predicted octanol–water partition coefficient (Wildman–Crippen LogP) is 9.72. The molecule has 0 atom stereocenters. The monoisotopic (exact) mass is 712 g/mol. The molecule has 50 heavy (non-hydrogen) atoms. The highest BCUT2D eigenvalue weighted by Crippen LogP contribution is 2.60. The van der Waals surface area contributed by atoms with Crippen molar-refractivity contribution in [1.82, 2.24) is 0 Å². The molecule has 0 saturated carbocycles. The Hall–Kier alpha value is -4.32. The van der Waals surface area contributed by atoms with Crippen molar-refractivity contribution in [3.8, 4) is 0 Å². The Labute approximate surface area is 297 Å². The molecule has 0 radical (unpaired) electrons. The first-order valence-electron chi connectivity index (χ1n) is 17.3. The van der Waals surface area contributed by atoms with Gasteiger partial charge in [0.05, 0.1) is 0 Å². The SMILES string of the molecule is O=P(N=P(CCCCCC/C=N/P(=O)(c1ccccc1)c1ccccc1)(c1ccccc1)c1ccccc1)(c1ccccc1)c1ccccc1. The van der Waals surface area contributed by atoms with Gasteiger partial charge in [-0.2, -0.15) is 0 Å². The van der Waals surface area contributed by atoms with Crippen molar-refractivity contribution >= 4 is 59.7 Å². The molecule has 0 amide bonds. The van der Waals surface area contributed by atoms with E-state index in [1.165, 1.54) is 0 Å². The van der Waals surface area contributed by atoms with Crippen LogP contribution in [0.1, 0.15) is 32.1 Å². The summed E-state index contributed by atoms with van der Waals surface area (Å²) >= 11 is 0. The summed E-state index contributed by atoms with van der Waals surface area (Å²) in [5, 5.41) is 5.29. The topological polar surface area (TPSA) is 58.9 Å². The fraction of sp³-hybridized carbons (Fsp3) is 0.140. The third-order valence-electron chi connectivity index (χ3n) is 8.88. The van der Waals surface area contributed by atoms with E-state index in [0.717, 1.165) is 70.1 Å². The van der Waals surface area contributed by atoms with Crippen LogP contribution in [0.3, 0.4) is 0 Å². The third-order valence-corrected chi connectivity index (χ3v) is 18.9. The van der Waals surface area contributed by atoms with Crippen LogP contribution >= 0.6 is 21.6 Å². The molecule has 0 aliphatic carbocycles. The Balaban J connectivity index is 1.26. The second kappa shape index (κ2) is 17.1. The zero-order valence-electron chi connectivity index (χ0n) is 28.2. The minimum Gasteiger partial charge on any atom is -0.288 e. The first-order valence-corrected chi connectivity index (χ1v) is 22.5. The molecular formula is C43H43N2O2P3. The minimum absolute atomic E-state index is 0.747. The largest absolute Gasteiger partial charge is 0.288 e. The lowest BCUT2D eigenvalue weighted by Crippen LogP contribution is -2.21. The molecule has 6 aromatic rings. The second-order valence-electron chi connectivity index (χ2n) is 12.2. The van der Waals surface area contributed by atoms with Crippen molar-refractivity contribution < 1.29 is 9.13 Å². The third kappa shape index (κ3) is 8.17. The van der Waals surface area contributed by atoms with Gasteiger partial charge in [-0.1, -0.05) is 146 Å². The van der Waals surface area contributed by atoms with Crippen LogP contribution < -0.4 is 31.8 Å². The van der Waals surface area contributed by atoms with Crippen molar-refractivity contribution in [2.75, 3.05) is 6.16 Å². The molecule has 252 valence electrons. The minimum atomic E-state index is -3.38. The quantitative estimate of drug-likeness (QED) is 0.0605. The van der Waals surface area contributed by atoms with Gasteiger partial charge < -0.3 is 0 Å². The number of unbranched alkanes of at least 4 members (excludes halogenated alkanes) is 4. The van der Waals surface area contributed by atoms with E-state index in [1.807, 2.05) is 140 Å². The summed E-state index contributed by atoms with van der Waals surface area (Å²) in [5.41, 5.74) is 0. The van der Waals surface area contributed by atoms with Crippen LogP contribution in [0, 0.1) is 0 Å². The van der Waals surface area contributed by atoms with Crippen LogP contribution in [-0.2, 0) is 9.13 Å². The average molecular weight is 713 g/mol. The van der Waals surface area contributed by atoms with Crippen LogP contribution in [0.25, 0.3) is 0 Å². The number of hydrogen-bond acceptors (Lipinski definition) is 2. The van der Waals surface area contributed by atoms with Crippen LogP contribution in [0.5, 0.6) is 0 Å². The van der Waals surface area contributed by atoms with Crippen LogP contribution in [-0.4, -0.2) is 12.4 Å². The lowest BCUT2D eigenvalue weighted by molar-refractivity contribution is 0.587. The predicted molar refractivity (Wildman–Crippen MR) is 217 cm³/mol. The van der Waals surface area contributed by atoms with Gasteiger partial charge in [0, 0.05) is 34.5 Å². The fourth-order valence-corrected chi connectivity index (χ4v) is 16.3. The van der Waals surface area contributed by atoms with E-state index in [9.17, 15) is 4.57 Å². The van der Waals surface area contributed by atoms with Crippen LogP contribution in [0.2, 0.25) is 0 Å². The van der Waals surface area contributed by atoms with Gasteiger partial charge >= 0.3 is 0 Å². The van der Waals surface area contributed by atoms with E-state index >= 15 is 4.57 Å². The summed E-state index contributed by atoms with van der Waals surface area (Å²) < 4.78 is 40.1. The average Bonchev–Trinajstić information content (AvgIpc) is 3.20. The Morgan fingerprint density at radius 3 is 1.08 bits per heavy atom. The van der Waals surface area contributed by atoms with Crippen molar-refractivity contribution in [3.63, 3.8) is 0 Å². The van der Waals surface area contributed by atoms with Crippen molar-refractivity contribution in [2.24, 2.45) is 9.28 Å². The molecule has 6 rings (SSSR count). The molecule has 0 aliphatic heterocycles. The zero-order valence-corrected chi connectivity index (χ0v) is 30.9. The normalized spacial score (nSPS) is 12.2. The second-order valence-corrected chi connectivity index (χ2v) is 20.6. The summed E-state index contributed by atoms with van der Waals surface area (Å²) in [4.78, 5) is 0. The summed E-state index contributed by atoms with van der Waals surface area (Å²) in [7, 11) is -9.00. The molecule has 7 heteroatoms. The van der Waals surface area contributed by atoms with Crippen LogP contribution in [0.4, 0.5) is 0 Å². The standard InChI is InChI=1S/C43H43N2O2P3/c46-49(40-28-14-6-15-29-40,41-30-16-7-17-31-41)44-36-22-2-1-3-23-37-48(38-24-10-4-11-25-38,39-26-12-5-13-27-39)45-50(47,42-32-18-8-19-33-42)43-34-20-9-21-35-43/h4-21,24-36H,1-3,22-23,37H2/b44-36+. The van der Waals surface area contributed by atoms with Gasteiger partial charge in [-0.15, -0.1) is 0 Å². The van der Waals surface area contributed by atoms with Gasteiger partial charge in [0.1, 0.15) is 0 Å². The lowest BCUT2D eigenvalue weighted by Gasteiger charge is -2.29. The maximum atomic E-state index is 15.5. The Morgan fingerprint density at radius 1 is 0.380 bits per heavy atom. The van der Waals surface area contributed by atoms with Gasteiger partial charge in [-0.3, -0.25) is 9.13 Å². The lowest BCUT2D eigenvalue weighted by atomic mass is 10.2. The first-order chi connectivity index (χ1) is 24.5. The molecule has 0 aliphatic rings. The van der Waals surface area contributed by atoms with E-state index in [1.54, 1.807) is 0 Å². The highest BCUT2D eigenvalue weighted by Gasteiger charge is 2.34. The Morgan fingerprint density at radius 2 is 0.700 bits per heavy atom. The number of hydrogen-bond donors (Lipinski definition) is 0. The molecule has 0 unspecified atom stereocenters. The molecule has 6 aromatic carbocycles. The molecule has 0 aromatic heterocycles. The maximum Gasteiger partial charge on any atom is 0.247 e. The van der Waals surface area contributed by atoms with E-state index in [4.69, 9.17) is 9.28 Å². The van der Waals surface area contributed by atoms with Gasteiger partial charge in [0.25, 0.3) is 0 Å². The number of rotatable bonds is 15. The van der Waals surface area contributed by atoms with E-state index in [0.29, 0.717) is 0 Å². The number of benzene rings is 6. The summed E-state index contributed by atoms with van der Waals surface area (Å²) in [6, 6.07) is 59.7. The summed E-state index contributed by atoms with van der Waals surface area (Å²) in [6.45, 7) is 0. The van der Waals surface area contributed by atoms with Crippen molar-refractivity contribution in [1.29, 1.82) is 0 Å². The molecule has 0 saturated heterocycles. The summed E-state index contributed by atoms with van der Waals surface area (Å²) in [5.74, 6) is 0. The maximum absolute atomic E-state index is 15.5. The van der Waals surface area contributed by atoms with Gasteiger partial charge in [-0.25, -0.2) is 9.28 Å². The van der Waals surface area contributed by atoms with Crippen LogP contribution in [0.15, 0.2) is 191 Å². The van der Waals surface area contributed by atoms with Crippen molar-refractivity contribution in [2.45, 2.75) is 32.1 Å². The summed E-state index contributed by atoms with van der Waals surface area (Å²) in [6.07, 6.45) is 7.32. The van der Waals surface area contributed by atoms with Crippen molar-refractivity contribution in [3.05, 3.63) is 182 Å². The Bertz CT molecular complexity index is 1980. The highest BCUT2D eigenvalue weighted by atomic mass is 31.2. The van der Waals surface area contributed by atoms with E-state index in [-0.39, 0.29) is 0 Å². The molecule has 0 N–H and O–H groups in total. The smallest absolute Gasteiger partial charge is 0.247 e. The highest BCUT2D eigenvalue weighted by molar-refractivity contribution is 7.89. The Kier molecular flexibility index (Phi) is 12.1. The van der Waals surface area contributed by atoms with Gasteiger partial charge in [-0.05, 0) is 84.6 Å². The van der Waals surface area contributed by atoms with E-state index in [2.05, 4.69) is 48.5 Å². The molecule has 0 spiro atoms. The van der Waals surface area contributed by atoms with E-state index < -0.39 is 21.6 Å². The number of nitrogens with zero attached hydrogens (tertiary/aromatic N) is 2. The fourth-order valence-electron chi connectivity index (χ4n) is 6.28. The van der Waals surface area contributed by atoms with Gasteiger partial charge in [0.2, 0.25) is 14.6 Å². The molecule has 0 bridgehead atoms. The zero-order chi connectivity index (χ0) is 34.5. The molecular weight excluding hydrogens is 669 g/mol.